The van der Waals surface area contributed by atoms with Gasteiger partial charge in [0.2, 0.25) is 15.9 Å². The Balaban J connectivity index is 2.31. The molecule has 0 saturated carbocycles. The summed E-state index contributed by atoms with van der Waals surface area (Å²) in [5.41, 5.74) is 3.58. The summed E-state index contributed by atoms with van der Waals surface area (Å²) in [7, 11) is -3.52. The molecular weight excluding hydrogens is 266 g/mol. The summed E-state index contributed by atoms with van der Waals surface area (Å²) >= 11 is 0. The standard InChI is InChI=1S/C13H15NO4S/c1-8-4-11-10(6-13(15)14-19(3,16)17)7-18-12(11)5-9(8)2/h4-5,7H,6H2,1-3H3,(H,14,15). The van der Waals surface area contributed by atoms with Gasteiger partial charge in [-0.2, -0.15) is 0 Å². The van der Waals surface area contributed by atoms with Crippen LogP contribution in [0, 0.1) is 13.8 Å². The molecule has 0 aliphatic heterocycles. The van der Waals surface area contributed by atoms with Gasteiger partial charge in [0.05, 0.1) is 18.9 Å². The fraction of sp³-hybridized carbons (Fsp3) is 0.308. The first kappa shape index (κ1) is 13.6. The van der Waals surface area contributed by atoms with E-state index in [1.54, 1.807) is 0 Å². The lowest BCUT2D eigenvalue weighted by Gasteiger charge is -2.02. The van der Waals surface area contributed by atoms with Crippen LogP contribution in [-0.2, 0) is 21.2 Å². The summed E-state index contributed by atoms with van der Waals surface area (Å²) in [6.45, 7) is 3.95. The lowest BCUT2D eigenvalue weighted by molar-refractivity contribution is -0.118. The number of nitrogens with one attached hydrogen (secondary N) is 1. The maximum Gasteiger partial charge on any atom is 0.237 e. The lowest BCUT2D eigenvalue weighted by Crippen LogP contribution is -2.30. The van der Waals surface area contributed by atoms with Gasteiger partial charge in [-0.1, -0.05) is 0 Å². The second-order valence-electron chi connectivity index (χ2n) is 4.67. The van der Waals surface area contributed by atoms with Crippen molar-refractivity contribution < 1.29 is 17.6 Å². The van der Waals surface area contributed by atoms with E-state index in [0.717, 1.165) is 22.8 Å². The molecule has 2 aromatic rings. The van der Waals surface area contributed by atoms with Crippen molar-refractivity contribution in [3.8, 4) is 0 Å². The van der Waals surface area contributed by atoms with Crippen molar-refractivity contribution in [3.05, 3.63) is 35.1 Å². The number of hydrogen-bond donors (Lipinski definition) is 1. The van der Waals surface area contributed by atoms with Gasteiger partial charge in [0.25, 0.3) is 0 Å². The predicted molar refractivity (Wildman–Crippen MR) is 72.4 cm³/mol. The first-order valence-electron chi connectivity index (χ1n) is 5.74. The van der Waals surface area contributed by atoms with E-state index in [9.17, 15) is 13.2 Å². The largest absolute Gasteiger partial charge is 0.464 e. The summed E-state index contributed by atoms with van der Waals surface area (Å²) in [6, 6.07) is 3.85. The zero-order valence-corrected chi connectivity index (χ0v) is 11.8. The SMILES string of the molecule is Cc1cc2occ(CC(=O)NS(C)(=O)=O)c2cc1C. The first-order chi connectivity index (χ1) is 8.76. The summed E-state index contributed by atoms with van der Waals surface area (Å²) in [5.74, 6) is -0.566. The molecule has 102 valence electrons. The van der Waals surface area contributed by atoms with Crippen molar-refractivity contribution in [3.63, 3.8) is 0 Å². The van der Waals surface area contributed by atoms with E-state index < -0.39 is 15.9 Å². The van der Waals surface area contributed by atoms with Gasteiger partial charge < -0.3 is 4.42 Å². The summed E-state index contributed by atoms with van der Waals surface area (Å²) in [6.07, 6.45) is 2.42. The summed E-state index contributed by atoms with van der Waals surface area (Å²) < 4.78 is 29.3. The number of hydrogen-bond acceptors (Lipinski definition) is 4. The van der Waals surface area contributed by atoms with Crippen molar-refractivity contribution in [2.75, 3.05) is 6.26 Å². The molecule has 0 spiro atoms. The van der Waals surface area contributed by atoms with Crippen LogP contribution in [-0.4, -0.2) is 20.6 Å². The van der Waals surface area contributed by atoms with E-state index in [4.69, 9.17) is 4.42 Å². The summed E-state index contributed by atoms with van der Waals surface area (Å²) in [5, 5.41) is 0.840. The number of amides is 1. The minimum absolute atomic E-state index is 0.0252. The molecule has 0 atom stereocenters. The van der Waals surface area contributed by atoms with Crippen molar-refractivity contribution in [2.24, 2.45) is 0 Å². The quantitative estimate of drug-likeness (QED) is 0.928. The van der Waals surface area contributed by atoms with Crippen molar-refractivity contribution in [1.29, 1.82) is 0 Å². The van der Waals surface area contributed by atoms with Gasteiger partial charge in [0.15, 0.2) is 0 Å². The molecule has 19 heavy (non-hydrogen) atoms. The number of rotatable bonds is 3. The molecule has 1 amide bonds. The van der Waals surface area contributed by atoms with Crippen LogP contribution < -0.4 is 4.72 Å². The smallest absolute Gasteiger partial charge is 0.237 e. The van der Waals surface area contributed by atoms with E-state index in [-0.39, 0.29) is 6.42 Å². The Labute approximate surface area is 111 Å². The molecule has 1 aromatic carbocycles. The minimum atomic E-state index is -3.52. The van der Waals surface area contributed by atoms with Gasteiger partial charge in [-0.05, 0) is 37.1 Å². The molecule has 0 unspecified atom stereocenters. The van der Waals surface area contributed by atoms with E-state index in [0.29, 0.717) is 11.1 Å². The Hall–Kier alpha value is -1.82. The van der Waals surface area contributed by atoms with Crippen molar-refractivity contribution >= 4 is 26.9 Å². The van der Waals surface area contributed by atoms with Crippen molar-refractivity contribution in [2.45, 2.75) is 20.3 Å². The molecule has 0 aliphatic rings. The van der Waals surface area contributed by atoms with Gasteiger partial charge in [-0.15, -0.1) is 0 Å². The zero-order valence-electron chi connectivity index (χ0n) is 11.0. The number of furan rings is 1. The second-order valence-corrected chi connectivity index (χ2v) is 6.42. The van der Waals surface area contributed by atoms with Crippen LogP contribution in [0.1, 0.15) is 16.7 Å². The third kappa shape index (κ3) is 3.14. The number of benzene rings is 1. The predicted octanol–water partition coefficient (Wildman–Crippen LogP) is 1.67. The van der Waals surface area contributed by atoms with Gasteiger partial charge in [0, 0.05) is 10.9 Å². The van der Waals surface area contributed by atoms with Gasteiger partial charge in [-0.3, -0.25) is 9.52 Å². The van der Waals surface area contributed by atoms with Crippen LogP contribution in [0.4, 0.5) is 0 Å². The van der Waals surface area contributed by atoms with Gasteiger partial charge >= 0.3 is 0 Å². The van der Waals surface area contributed by atoms with Crippen molar-refractivity contribution in [1.82, 2.24) is 4.72 Å². The van der Waals surface area contributed by atoms with Gasteiger partial charge in [-0.25, -0.2) is 8.42 Å². The van der Waals surface area contributed by atoms with Crippen LogP contribution in [0.3, 0.4) is 0 Å². The molecule has 6 heteroatoms. The maximum atomic E-state index is 11.6. The number of carbonyl (C=O) groups is 1. The van der Waals surface area contributed by atoms with Gasteiger partial charge in [0.1, 0.15) is 5.58 Å². The molecule has 5 nitrogen and oxygen atoms in total. The molecule has 2 rings (SSSR count). The summed E-state index contributed by atoms with van der Waals surface area (Å²) in [4.78, 5) is 11.6. The Morgan fingerprint density at radius 2 is 1.89 bits per heavy atom. The molecule has 1 aromatic heterocycles. The Bertz CT molecular complexity index is 743. The number of aryl methyl sites for hydroxylation is 2. The monoisotopic (exact) mass is 281 g/mol. The lowest BCUT2D eigenvalue weighted by atomic mass is 10.0. The molecule has 0 radical (unpaired) electrons. The Morgan fingerprint density at radius 1 is 1.26 bits per heavy atom. The fourth-order valence-electron chi connectivity index (χ4n) is 1.89. The normalized spacial score (nSPS) is 11.7. The van der Waals surface area contributed by atoms with E-state index in [1.165, 1.54) is 6.26 Å². The first-order valence-corrected chi connectivity index (χ1v) is 7.63. The second kappa shape index (κ2) is 4.70. The minimum Gasteiger partial charge on any atom is -0.464 e. The van der Waals surface area contributed by atoms with Crippen LogP contribution in [0.5, 0.6) is 0 Å². The molecule has 1 N–H and O–H groups in total. The van der Waals surface area contributed by atoms with Crippen LogP contribution in [0.15, 0.2) is 22.8 Å². The molecular formula is C13H15NO4S. The fourth-order valence-corrected chi connectivity index (χ4v) is 2.37. The topological polar surface area (TPSA) is 76.4 Å². The van der Waals surface area contributed by atoms with E-state index >= 15 is 0 Å². The number of sulfonamides is 1. The Kier molecular flexibility index (Phi) is 3.36. The highest BCUT2D eigenvalue weighted by molar-refractivity contribution is 7.89. The average molecular weight is 281 g/mol. The van der Waals surface area contributed by atoms with E-state index in [2.05, 4.69) is 0 Å². The van der Waals surface area contributed by atoms with E-state index in [1.807, 2.05) is 30.7 Å². The average Bonchev–Trinajstić information content (AvgIpc) is 2.59. The number of fused-ring (bicyclic) bond motifs is 1. The molecule has 1 heterocycles. The van der Waals surface area contributed by atoms with Crippen LogP contribution >= 0.6 is 0 Å². The Morgan fingerprint density at radius 3 is 2.53 bits per heavy atom. The third-order valence-electron chi connectivity index (χ3n) is 2.92. The third-order valence-corrected chi connectivity index (χ3v) is 3.52. The highest BCUT2D eigenvalue weighted by Crippen LogP contribution is 2.25. The maximum absolute atomic E-state index is 11.6. The molecule has 0 saturated heterocycles. The highest BCUT2D eigenvalue weighted by Gasteiger charge is 2.14. The molecule has 0 fully saturated rings. The van der Waals surface area contributed by atoms with Crippen LogP contribution in [0.25, 0.3) is 11.0 Å². The molecule has 0 bridgehead atoms. The molecule has 0 aliphatic carbocycles. The highest BCUT2D eigenvalue weighted by atomic mass is 32.2. The number of carbonyl (C=O) groups excluding carboxylic acids is 1. The van der Waals surface area contributed by atoms with Crippen LogP contribution in [0.2, 0.25) is 0 Å². The zero-order chi connectivity index (χ0) is 14.2.